The molecule has 3 rings (SSSR count). The molecule has 13 heteroatoms. The first-order valence-corrected chi connectivity index (χ1v) is 17.2. The van der Waals surface area contributed by atoms with E-state index in [9.17, 15) is 34.2 Å². The number of nitrogens with one attached hydrogen (secondary N) is 4. The number of aliphatic hydroxyl groups excluding tert-OH is 1. The number of benzene rings is 3. The summed E-state index contributed by atoms with van der Waals surface area (Å²) in [4.78, 5) is 66.3. The number of hydrogen-bond acceptors (Lipinski definition) is 8. The molecule has 0 spiro atoms. The Morgan fingerprint density at radius 3 is 1.52 bits per heavy atom. The minimum Gasteiger partial charge on any atom is -0.480 e. The van der Waals surface area contributed by atoms with Crippen LogP contribution in [0.2, 0.25) is 0 Å². The van der Waals surface area contributed by atoms with Crippen LogP contribution in [0.3, 0.4) is 0 Å². The first kappa shape index (κ1) is 41.3. The van der Waals surface area contributed by atoms with Crippen molar-refractivity contribution in [2.45, 2.75) is 82.8 Å². The van der Waals surface area contributed by atoms with Gasteiger partial charge in [0.25, 0.3) is 0 Å². The van der Waals surface area contributed by atoms with E-state index < -0.39 is 77.9 Å². The molecule has 0 aliphatic rings. The second-order valence-electron chi connectivity index (χ2n) is 14.0. The van der Waals surface area contributed by atoms with E-state index in [0.717, 1.165) is 16.7 Å². The van der Waals surface area contributed by atoms with Crippen molar-refractivity contribution in [3.63, 3.8) is 0 Å². The van der Waals surface area contributed by atoms with Gasteiger partial charge in [-0.2, -0.15) is 0 Å². The largest absolute Gasteiger partial charge is 0.480 e. The fraction of sp³-hybridized carbons (Fsp3) is 0.410. The number of aliphatic hydroxyl groups is 1. The van der Waals surface area contributed by atoms with Crippen LogP contribution >= 0.6 is 0 Å². The third-order valence-electron chi connectivity index (χ3n) is 8.14. The van der Waals surface area contributed by atoms with Gasteiger partial charge in [0, 0.05) is 0 Å². The summed E-state index contributed by atoms with van der Waals surface area (Å²) in [6, 6.07) is 22.4. The Kier molecular flexibility index (Phi) is 15.0. The van der Waals surface area contributed by atoms with E-state index in [4.69, 9.17) is 10.5 Å². The number of rotatable bonds is 18. The summed E-state index contributed by atoms with van der Waals surface area (Å²) in [5.41, 5.74) is 6.51. The van der Waals surface area contributed by atoms with E-state index in [0.29, 0.717) is 0 Å². The molecular weight excluding hydrogens is 666 g/mol. The molecule has 8 N–H and O–H groups in total. The molecule has 52 heavy (non-hydrogen) atoms. The van der Waals surface area contributed by atoms with E-state index in [2.05, 4.69) is 21.3 Å². The summed E-state index contributed by atoms with van der Waals surface area (Å²) < 4.78 is 5.67. The normalized spacial score (nSPS) is 14.0. The van der Waals surface area contributed by atoms with Gasteiger partial charge in [-0.15, -0.1) is 0 Å². The van der Waals surface area contributed by atoms with Crippen LogP contribution in [0.5, 0.6) is 0 Å². The Morgan fingerprint density at radius 1 is 0.692 bits per heavy atom. The molecule has 0 bridgehead atoms. The van der Waals surface area contributed by atoms with Crippen molar-refractivity contribution in [2.75, 3.05) is 13.2 Å². The molecule has 0 fully saturated rings. The summed E-state index contributed by atoms with van der Waals surface area (Å²) in [6.07, 6.45) is -0.483. The maximum absolute atomic E-state index is 14.3. The summed E-state index contributed by atoms with van der Waals surface area (Å²) >= 11 is 0. The SMILES string of the molecule is CC(C)C[C@H](NC(=O)[C@H](CC(=O)NC(c1ccccc1)(c1ccccc1)c1ccccc1)NC(=O)[C@@H](N)COC(C)(C)C)C(=O)N[C@@H](CO)C(=O)O. The van der Waals surface area contributed by atoms with Crippen LogP contribution < -0.4 is 27.0 Å². The van der Waals surface area contributed by atoms with Crippen LogP contribution in [0.15, 0.2) is 91.0 Å². The maximum atomic E-state index is 14.3. The average molecular weight is 718 g/mol. The lowest BCUT2D eigenvalue weighted by molar-refractivity contribution is -0.143. The Balaban J connectivity index is 2.03. The van der Waals surface area contributed by atoms with Crippen molar-refractivity contribution in [2.24, 2.45) is 11.7 Å². The van der Waals surface area contributed by atoms with Gasteiger partial charge in [-0.1, -0.05) is 105 Å². The predicted molar refractivity (Wildman–Crippen MR) is 196 cm³/mol. The molecular formula is C39H51N5O8. The molecule has 4 atom stereocenters. The van der Waals surface area contributed by atoms with Crippen LogP contribution in [0.4, 0.5) is 0 Å². The van der Waals surface area contributed by atoms with Crippen molar-refractivity contribution in [1.29, 1.82) is 0 Å². The first-order valence-electron chi connectivity index (χ1n) is 17.2. The number of carboxylic acids is 1. The molecule has 4 amide bonds. The van der Waals surface area contributed by atoms with Gasteiger partial charge in [0.05, 0.1) is 25.2 Å². The minimum absolute atomic E-state index is 0.0836. The monoisotopic (exact) mass is 717 g/mol. The highest BCUT2D eigenvalue weighted by atomic mass is 16.5. The fourth-order valence-electron chi connectivity index (χ4n) is 5.56. The summed E-state index contributed by atoms with van der Waals surface area (Å²) in [6.45, 7) is 7.93. The van der Waals surface area contributed by atoms with Gasteiger partial charge in [-0.05, 0) is 49.8 Å². The topological polar surface area (TPSA) is 209 Å². The zero-order valence-corrected chi connectivity index (χ0v) is 30.3. The van der Waals surface area contributed by atoms with E-state index in [1.807, 2.05) is 91.0 Å². The second-order valence-corrected chi connectivity index (χ2v) is 14.0. The molecule has 0 aliphatic carbocycles. The van der Waals surface area contributed by atoms with Crippen molar-refractivity contribution in [3.8, 4) is 0 Å². The smallest absolute Gasteiger partial charge is 0.328 e. The average Bonchev–Trinajstić information content (AvgIpc) is 3.11. The molecule has 0 heterocycles. The highest BCUT2D eigenvalue weighted by Crippen LogP contribution is 2.37. The number of carbonyl (C=O) groups is 5. The van der Waals surface area contributed by atoms with E-state index in [1.54, 1.807) is 34.6 Å². The van der Waals surface area contributed by atoms with E-state index >= 15 is 0 Å². The number of amides is 4. The van der Waals surface area contributed by atoms with Crippen molar-refractivity contribution in [1.82, 2.24) is 21.3 Å². The molecule has 0 radical (unpaired) electrons. The van der Waals surface area contributed by atoms with Gasteiger partial charge in [-0.3, -0.25) is 19.2 Å². The predicted octanol–water partition coefficient (Wildman–Crippen LogP) is 2.20. The molecule has 0 aliphatic heterocycles. The summed E-state index contributed by atoms with van der Waals surface area (Å²) in [7, 11) is 0. The maximum Gasteiger partial charge on any atom is 0.328 e. The number of carbonyl (C=O) groups excluding carboxylic acids is 4. The second kappa shape index (κ2) is 18.9. The van der Waals surface area contributed by atoms with Crippen molar-refractivity contribution >= 4 is 29.6 Å². The third-order valence-corrected chi connectivity index (χ3v) is 8.14. The Bertz CT molecular complexity index is 1530. The molecule has 13 nitrogen and oxygen atoms in total. The van der Waals surface area contributed by atoms with Crippen molar-refractivity contribution in [3.05, 3.63) is 108 Å². The Hall–Kier alpha value is -5.11. The Morgan fingerprint density at radius 2 is 1.12 bits per heavy atom. The van der Waals surface area contributed by atoms with Crippen LogP contribution in [0.1, 0.15) is 64.2 Å². The molecule has 3 aromatic rings. The molecule has 0 saturated carbocycles. The van der Waals surface area contributed by atoms with Gasteiger partial charge in [-0.25, -0.2) is 4.79 Å². The molecule has 280 valence electrons. The lowest BCUT2D eigenvalue weighted by Crippen LogP contribution is -2.59. The number of hydrogen-bond donors (Lipinski definition) is 7. The van der Waals surface area contributed by atoms with Gasteiger partial charge in [0.15, 0.2) is 0 Å². The minimum atomic E-state index is -1.61. The first-order chi connectivity index (χ1) is 24.6. The lowest BCUT2D eigenvalue weighted by Gasteiger charge is -2.37. The standard InChI is InChI=1S/C39H51N5O8/c1-25(2)21-30(35(48)43-32(23-45)37(50)51)42-36(49)31(41-34(47)29(40)24-52-38(3,4)5)22-33(46)44-39(26-15-9-6-10-16-26,27-17-11-7-12-18-27)28-19-13-8-14-20-28/h6-20,25,29-32,45H,21-24,40H2,1-5H3,(H,41,47)(H,42,49)(H,43,48)(H,44,46)(H,50,51)/t29-,30-,31-,32-/m0/s1. The Labute approximate surface area is 304 Å². The lowest BCUT2D eigenvalue weighted by atomic mass is 9.77. The van der Waals surface area contributed by atoms with E-state index in [1.165, 1.54) is 0 Å². The van der Waals surface area contributed by atoms with E-state index in [-0.39, 0.29) is 18.9 Å². The number of aliphatic carboxylic acids is 1. The number of nitrogens with two attached hydrogens (primary N) is 1. The van der Waals surface area contributed by atoms with Crippen LogP contribution in [-0.4, -0.2) is 82.8 Å². The van der Waals surface area contributed by atoms with Crippen LogP contribution in [-0.2, 0) is 34.2 Å². The highest BCUT2D eigenvalue weighted by molar-refractivity contribution is 5.96. The van der Waals surface area contributed by atoms with Gasteiger partial charge in [0.2, 0.25) is 23.6 Å². The molecule has 3 aromatic carbocycles. The summed E-state index contributed by atoms with van der Waals surface area (Å²) in [5.74, 6) is -4.73. The van der Waals surface area contributed by atoms with Gasteiger partial charge >= 0.3 is 5.97 Å². The number of ether oxygens (including phenoxy) is 1. The zero-order valence-electron chi connectivity index (χ0n) is 30.3. The van der Waals surface area contributed by atoms with Gasteiger partial charge < -0.3 is 42.0 Å². The van der Waals surface area contributed by atoms with Crippen molar-refractivity contribution < 1.29 is 38.9 Å². The van der Waals surface area contributed by atoms with Crippen LogP contribution in [0.25, 0.3) is 0 Å². The zero-order chi connectivity index (χ0) is 38.5. The fourth-order valence-corrected chi connectivity index (χ4v) is 5.56. The van der Waals surface area contributed by atoms with Crippen LogP contribution in [0, 0.1) is 5.92 Å². The number of carboxylic acid groups (broad SMARTS) is 1. The van der Waals surface area contributed by atoms with Gasteiger partial charge in [0.1, 0.15) is 29.7 Å². The third kappa shape index (κ3) is 11.7. The highest BCUT2D eigenvalue weighted by Gasteiger charge is 2.39. The molecule has 0 saturated heterocycles. The summed E-state index contributed by atoms with van der Waals surface area (Å²) in [5, 5.41) is 29.4. The quantitative estimate of drug-likeness (QED) is 0.0961. The molecule has 0 aromatic heterocycles. The molecule has 0 unspecified atom stereocenters.